The van der Waals surface area contributed by atoms with E-state index in [4.69, 9.17) is 11.6 Å². The van der Waals surface area contributed by atoms with Crippen LogP contribution in [0.5, 0.6) is 0 Å². The molecule has 0 saturated heterocycles. The van der Waals surface area contributed by atoms with E-state index in [2.05, 4.69) is 25.6 Å². The van der Waals surface area contributed by atoms with E-state index in [1.807, 2.05) is 13.0 Å². The standard InChI is InChI=1S/C17H23ClN6O2S2/c1-13-15(23-12-22-13)10-27-7-5-20-17(9-24(25)26)21-6-8-28-11-16-14(18)3-2-4-19-16/h2-4,9,12,20-21H,5-8,10-11H2,1H3,(H,22,23)/b17-9-. The lowest BCUT2D eigenvalue weighted by molar-refractivity contribution is -0.404. The number of pyridine rings is 1. The lowest BCUT2D eigenvalue weighted by atomic mass is 10.4. The Morgan fingerprint density at radius 3 is 2.50 bits per heavy atom. The number of imidazole rings is 1. The van der Waals surface area contributed by atoms with Gasteiger partial charge in [-0.2, -0.15) is 23.5 Å². The van der Waals surface area contributed by atoms with Crippen LogP contribution >= 0.6 is 35.1 Å². The van der Waals surface area contributed by atoms with E-state index < -0.39 is 4.92 Å². The normalized spacial score (nSPS) is 11.4. The first-order valence-corrected chi connectivity index (χ1v) is 11.3. The minimum absolute atomic E-state index is 0.415. The summed E-state index contributed by atoms with van der Waals surface area (Å²) in [6, 6.07) is 3.61. The monoisotopic (exact) mass is 442 g/mol. The molecule has 28 heavy (non-hydrogen) atoms. The van der Waals surface area contributed by atoms with Crippen LogP contribution < -0.4 is 10.6 Å². The van der Waals surface area contributed by atoms with Gasteiger partial charge in [0, 0.05) is 48.0 Å². The molecule has 0 bridgehead atoms. The van der Waals surface area contributed by atoms with Gasteiger partial charge in [-0.3, -0.25) is 15.1 Å². The van der Waals surface area contributed by atoms with Crippen LogP contribution in [0.3, 0.4) is 0 Å². The Morgan fingerprint density at radius 2 is 1.93 bits per heavy atom. The number of hydrogen-bond acceptors (Lipinski definition) is 8. The van der Waals surface area contributed by atoms with Crippen LogP contribution in [0.1, 0.15) is 17.1 Å². The average Bonchev–Trinajstić information content (AvgIpc) is 3.06. The summed E-state index contributed by atoms with van der Waals surface area (Å²) in [5, 5.41) is 17.6. The maximum atomic E-state index is 10.8. The molecule has 0 atom stereocenters. The quantitative estimate of drug-likeness (QED) is 0.246. The largest absolute Gasteiger partial charge is 0.366 e. The van der Waals surface area contributed by atoms with Gasteiger partial charge in [0.25, 0.3) is 6.20 Å². The molecule has 2 aromatic heterocycles. The van der Waals surface area contributed by atoms with Gasteiger partial charge < -0.3 is 15.6 Å². The van der Waals surface area contributed by atoms with Crippen molar-refractivity contribution in [3.05, 3.63) is 68.9 Å². The first-order valence-electron chi connectivity index (χ1n) is 8.63. The van der Waals surface area contributed by atoms with Gasteiger partial charge in [-0.25, -0.2) is 4.98 Å². The molecule has 2 heterocycles. The van der Waals surface area contributed by atoms with E-state index in [0.29, 0.717) is 29.7 Å². The molecule has 11 heteroatoms. The zero-order chi connectivity index (χ0) is 20.2. The number of aryl methyl sites for hydroxylation is 1. The Bertz CT molecular complexity index is 787. The molecule has 0 aliphatic carbocycles. The summed E-state index contributed by atoms with van der Waals surface area (Å²) in [5.74, 6) is 3.52. The lowest BCUT2D eigenvalue weighted by Crippen LogP contribution is -2.30. The van der Waals surface area contributed by atoms with Crippen molar-refractivity contribution in [2.24, 2.45) is 0 Å². The van der Waals surface area contributed by atoms with Gasteiger partial charge in [-0.15, -0.1) is 0 Å². The number of thioether (sulfide) groups is 2. The highest BCUT2D eigenvalue weighted by Crippen LogP contribution is 2.18. The molecule has 0 unspecified atom stereocenters. The van der Waals surface area contributed by atoms with E-state index in [1.165, 1.54) is 0 Å². The van der Waals surface area contributed by atoms with Gasteiger partial charge in [0.1, 0.15) is 0 Å². The highest BCUT2D eigenvalue weighted by Gasteiger charge is 2.05. The third kappa shape index (κ3) is 8.41. The third-order valence-corrected chi connectivity index (χ3v) is 5.89. The predicted molar refractivity (Wildman–Crippen MR) is 116 cm³/mol. The molecule has 0 aliphatic heterocycles. The number of aromatic nitrogens is 3. The number of rotatable bonds is 13. The van der Waals surface area contributed by atoms with Crippen LogP contribution in [-0.2, 0) is 11.5 Å². The molecule has 152 valence electrons. The summed E-state index contributed by atoms with van der Waals surface area (Å²) in [7, 11) is 0. The van der Waals surface area contributed by atoms with Crippen molar-refractivity contribution in [2.45, 2.75) is 18.4 Å². The second-order valence-electron chi connectivity index (χ2n) is 5.69. The fraction of sp³-hybridized carbons (Fsp3) is 0.412. The van der Waals surface area contributed by atoms with Gasteiger partial charge in [0.15, 0.2) is 5.82 Å². The molecule has 2 rings (SSSR count). The highest BCUT2D eigenvalue weighted by atomic mass is 35.5. The van der Waals surface area contributed by atoms with Crippen LogP contribution in [0, 0.1) is 17.0 Å². The molecule has 2 aromatic rings. The Hall–Kier alpha value is -1.91. The SMILES string of the molecule is Cc1[nH]cnc1CSCCN/C(=C/[N+](=O)[O-])NCCSCc1ncccc1Cl. The van der Waals surface area contributed by atoms with Crippen molar-refractivity contribution in [3.63, 3.8) is 0 Å². The predicted octanol–water partition coefficient (Wildman–Crippen LogP) is 3.19. The smallest absolute Gasteiger partial charge is 0.274 e. The van der Waals surface area contributed by atoms with E-state index in [-0.39, 0.29) is 0 Å². The Kier molecular flexibility index (Phi) is 10.0. The number of H-pyrrole nitrogens is 1. The van der Waals surface area contributed by atoms with Gasteiger partial charge in [-0.1, -0.05) is 11.6 Å². The fourth-order valence-electron chi connectivity index (χ4n) is 2.17. The number of halogens is 1. The molecule has 0 saturated carbocycles. The number of aromatic amines is 1. The number of nitrogens with zero attached hydrogens (tertiary/aromatic N) is 3. The summed E-state index contributed by atoms with van der Waals surface area (Å²) < 4.78 is 0. The number of hydrogen-bond donors (Lipinski definition) is 3. The summed E-state index contributed by atoms with van der Waals surface area (Å²) in [4.78, 5) is 21.9. The second kappa shape index (κ2) is 12.5. The first kappa shape index (κ1) is 22.4. The van der Waals surface area contributed by atoms with E-state index in [1.54, 1.807) is 42.1 Å². The van der Waals surface area contributed by atoms with Crippen molar-refractivity contribution in [1.29, 1.82) is 0 Å². The maximum Gasteiger partial charge on any atom is 0.274 e. The van der Waals surface area contributed by atoms with Crippen molar-refractivity contribution in [3.8, 4) is 0 Å². The molecule has 3 N–H and O–H groups in total. The molecule has 0 spiro atoms. The summed E-state index contributed by atoms with van der Waals surface area (Å²) in [6.07, 6.45) is 4.36. The average molecular weight is 443 g/mol. The van der Waals surface area contributed by atoms with Crippen LogP contribution in [0.25, 0.3) is 0 Å². The van der Waals surface area contributed by atoms with Crippen molar-refractivity contribution >= 4 is 35.1 Å². The van der Waals surface area contributed by atoms with Crippen LogP contribution in [-0.4, -0.2) is 44.5 Å². The number of nitrogens with one attached hydrogen (secondary N) is 3. The van der Waals surface area contributed by atoms with Crippen molar-refractivity contribution in [2.75, 3.05) is 24.6 Å². The van der Waals surface area contributed by atoms with Crippen molar-refractivity contribution < 1.29 is 4.92 Å². The molecule has 0 aliphatic rings. The highest BCUT2D eigenvalue weighted by molar-refractivity contribution is 7.98. The third-order valence-electron chi connectivity index (χ3n) is 3.60. The first-order chi connectivity index (χ1) is 13.6. The molecular weight excluding hydrogens is 420 g/mol. The van der Waals surface area contributed by atoms with Gasteiger partial charge in [0.05, 0.1) is 27.7 Å². The Labute approximate surface area is 177 Å². The van der Waals surface area contributed by atoms with Crippen LogP contribution in [0.15, 0.2) is 36.7 Å². The van der Waals surface area contributed by atoms with Crippen molar-refractivity contribution in [1.82, 2.24) is 25.6 Å². The minimum atomic E-state index is -0.462. The van der Waals surface area contributed by atoms with Crippen LogP contribution in [0.2, 0.25) is 5.02 Å². The molecule has 0 aromatic carbocycles. The molecule has 0 fully saturated rings. The molecule has 8 nitrogen and oxygen atoms in total. The summed E-state index contributed by atoms with van der Waals surface area (Å²) in [5.41, 5.74) is 2.95. The Balaban J connectivity index is 1.63. The Morgan fingerprint density at radius 1 is 1.25 bits per heavy atom. The minimum Gasteiger partial charge on any atom is -0.366 e. The van der Waals surface area contributed by atoms with E-state index >= 15 is 0 Å². The fourth-order valence-corrected chi connectivity index (χ4v) is 4.13. The molecule has 0 radical (unpaired) electrons. The molecule has 0 amide bonds. The molecular formula is C17H23ClN6O2S2. The van der Waals surface area contributed by atoms with Gasteiger partial charge in [-0.05, 0) is 19.1 Å². The van der Waals surface area contributed by atoms with E-state index in [0.717, 1.165) is 40.5 Å². The zero-order valence-electron chi connectivity index (χ0n) is 15.5. The maximum absolute atomic E-state index is 10.8. The second-order valence-corrected chi connectivity index (χ2v) is 8.31. The lowest BCUT2D eigenvalue weighted by Gasteiger charge is -2.11. The van der Waals surface area contributed by atoms with E-state index in [9.17, 15) is 10.1 Å². The van der Waals surface area contributed by atoms with Gasteiger partial charge >= 0.3 is 0 Å². The van der Waals surface area contributed by atoms with Gasteiger partial charge in [0.2, 0.25) is 0 Å². The summed E-state index contributed by atoms with van der Waals surface area (Å²) in [6.45, 7) is 3.21. The van der Waals surface area contributed by atoms with Crippen LogP contribution in [0.4, 0.5) is 0 Å². The number of nitro groups is 1. The summed E-state index contributed by atoms with van der Waals surface area (Å²) >= 11 is 9.46. The topological polar surface area (TPSA) is 109 Å². The zero-order valence-corrected chi connectivity index (χ0v) is 17.9.